The van der Waals surface area contributed by atoms with Gasteiger partial charge in [-0.2, -0.15) is 0 Å². The highest BCUT2D eigenvalue weighted by Gasteiger charge is 2.09. The van der Waals surface area contributed by atoms with Crippen molar-refractivity contribution in [2.24, 2.45) is 0 Å². The van der Waals surface area contributed by atoms with E-state index in [-0.39, 0.29) is 5.91 Å². The van der Waals surface area contributed by atoms with Crippen LogP contribution in [-0.2, 0) is 17.8 Å². The molecule has 0 aliphatic heterocycles. The van der Waals surface area contributed by atoms with E-state index >= 15 is 0 Å². The fourth-order valence-corrected chi connectivity index (χ4v) is 3.58. The Morgan fingerprint density at radius 1 is 1.15 bits per heavy atom. The van der Waals surface area contributed by atoms with Gasteiger partial charge in [-0.1, -0.05) is 36.4 Å². The third kappa shape index (κ3) is 4.70. The van der Waals surface area contributed by atoms with E-state index in [9.17, 15) is 4.79 Å². The quantitative estimate of drug-likeness (QED) is 0.675. The number of methoxy groups -OCH3 is 1. The fraction of sp³-hybridized carbons (Fsp3) is 0.238. The number of hydrogen-bond donors (Lipinski definition) is 1. The van der Waals surface area contributed by atoms with Crippen LogP contribution in [0.2, 0.25) is 0 Å². The summed E-state index contributed by atoms with van der Waals surface area (Å²) in [5.41, 5.74) is 4.39. The lowest BCUT2D eigenvalue weighted by Gasteiger charge is -2.06. The minimum Gasteiger partial charge on any atom is -0.497 e. The SMILES string of the molecule is COc1ccc(CNC(=O)CCc2csc(-c3ccccc3C)n2)cc1. The van der Waals surface area contributed by atoms with Gasteiger partial charge in [-0.25, -0.2) is 4.98 Å². The number of carbonyl (C=O) groups is 1. The molecule has 0 fully saturated rings. The van der Waals surface area contributed by atoms with Gasteiger partial charge in [-0.05, 0) is 36.6 Å². The molecular formula is C21H22N2O2S. The van der Waals surface area contributed by atoms with Crippen LogP contribution in [-0.4, -0.2) is 18.0 Å². The molecular weight excluding hydrogens is 344 g/mol. The zero-order chi connectivity index (χ0) is 18.4. The molecule has 1 N–H and O–H groups in total. The summed E-state index contributed by atoms with van der Waals surface area (Å²) in [7, 11) is 1.64. The Bertz CT molecular complexity index is 872. The lowest BCUT2D eigenvalue weighted by Crippen LogP contribution is -2.23. The van der Waals surface area contributed by atoms with Crippen LogP contribution in [0, 0.1) is 6.92 Å². The molecule has 0 spiro atoms. The van der Waals surface area contributed by atoms with Gasteiger partial charge in [0.15, 0.2) is 0 Å². The number of benzene rings is 2. The van der Waals surface area contributed by atoms with E-state index in [4.69, 9.17) is 4.74 Å². The zero-order valence-electron chi connectivity index (χ0n) is 15.0. The molecule has 0 saturated heterocycles. The Balaban J connectivity index is 1.49. The lowest BCUT2D eigenvalue weighted by molar-refractivity contribution is -0.121. The zero-order valence-corrected chi connectivity index (χ0v) is 15.8. The molecule has 0 bridgehead atoms. The van der Waals surface area contributed by atoms with Crippen molar-refractivity contribution >= 4 is 17.2 Å². The smallest absolute Gasteiger partial charge is 0.220 e. The van der Waals surface area contributed by atoms with Crippen molar-refractivity contribution in [3.63, 3.8) is 0 Å². The minimum atomic E-state index is 0.0336. The van der Waals surface area contributed by atoms with Gasteiger partial charge >= 0.3 is 0 Å². The summed E-state index contributed by atoms with van der Waals surface area (Å²) in [5, 5.41) is 6.00. The first-order chi connectivity index (χ1) is 12.7. The Morgan fingerprint density at radius 2 is 1.92 bits per heavy atom. The van der Waals surface area contributed by atoms with Crippen LogP contribution in [0.5, 0.6) is 5.75 Å². The second-order valence-electron chi connectivity index (χ2n) is 6.08. The summed E-state index contributed by atoms with van der Waals surface area (Å²) in [6.07, 6.45) is 1.09. The molecule has 134 valence electrons. The van der Waals surface area contributed by atoms with E-state index in [2.05, 4.69) is 29.4 Å². The number of carbonyl (C=O) groups excluding carboxylic acids is 1. The van der Waals surface area contributed by atoms with Crippen LogP contribution in [0.1, 0.15) is 23.2 Å². The molecule has 3 aromatic rings. The number of amides is 1. The number of thiazole rings is 1. The van der Waals surface area contributed by atoms with E-state index in [0.29, 0.717) is 19.4 Å². The van der Waals surface area contributed by atoms with Crippen molar-refractivity contribution in [1.82, 2.24) is 10.3 Å². The van der Waals surface area contributed by atoms with E-state index in [1.54, 1.807) is 18.4 Å². The van der Waals surface area contributed by atoms with Gasteiger partial charge in [-0.15, -0.1) is 11.3 Å². The molecule has 0 atom stereocenters. The molecule has 0 saturated carbocycles. The van der Waals surface area contributed by atoms with E-state index in [1.807, 2.05) is 41.8 Å². The third-order valence-corrected chi connectivity index (χ3v) is 5.11. The highest BCUT2D eigenvalue weighted by Crippen LogP contribution is 2.26. The molecule has 0 radical (unpaired) electrons. The molecule has 1 heterocycles. The van der Waals surface area contributed by atoms with Gasteiger partial charge < -0.3 is 10.1 Å². The number of aromatic nitrogens is 1. The maximum atomic E-state index is 12.1. The van der Waals surface area contributed by atoms with E-state index in [1.165, 1.54) is 5.56 Å². The maximum absolute atomic E-state index is 12.1. The molecule has 26 heavy (non-hydrogen) atoms. The van der Waals surface area contributed by atoms with Gasteiger partial charge in [0.05, 0.1) is 12.8 Å². The van der Waals surface area contributed by atoms with Crippen LogP contribution < -0.4 is 10.1 Å². The first-order valence-electron chi connectivity index (χ1n) is 8.56. The third-order valence-electron chi connectivity index (χ3n) is 4.18. The summed E-state index contributed by atoms with van der Waals surface area (Å²) in [4.78, 5) is 16.8. The van der Waals surface area contributed by atoms with Crippen LogP contribution >= 0.6 is 11.3 Å². The first-order valence-corrected chi connectivity index (χ1v) is 9.43. The van der Waals surface area contributed by atoms with Gasteiger partial charge in [0.2, 0.25) is 5.91 Å². The normalized spacial score (nSPS) is 10.5. The average Bonchev–Trinajstić information content (AvgIpc) is 3.14. The molecule has 5 heteroatoms. The molecule has 0 aliphatic rings. The minimum absolute atomic E-state index is 0.0336. The largest absolute Gasteiger partial charge is 0.497 e. The monoisotopic (exact) mass is 366 g/mol. The van der Waals surface area contributed by atoms with Gasteiger partial charge in [0.25, 0.3) is 0 Å². The Kier molecular flexibility index (Phi) is 6.02. The summed E-state index contributed by atoms with van der Waals surface area (Å²) in [6, 6.07) is 15.9. The van der Waals surface area contributed by atoms with Crippen LogP contribution in [0.25, 0.3) is 10.6 Å². The Labute approximate surface area is 157 Å². The lowest BCUT2D eigenvalue weighted by atomic mass is 10.1. The summed E-state index contributed by atoms with van der Waals surface area (Å²) in [5.74, 6) is 0.847. The predicted molar refractivity (Wildman–Crippen MR) is 105 cm³/mol. The van der Waals surface area contributed by atoms with Crippen molar-refractivity contribution in [2.75, 3.05) is 7.11 Å². The highest BCUT2D eigenvalue weighted by molar-refractivity contribution is 7.13. The summed E-state index contributed by atoms with van der Waals surface area (Å²) in [6.45, 7) is 2.61. The van der Waals surface area contributed by atoms with Gasteiger partial charge in [-0.3, -0.25) is 4.79 Å². The van der Waals surface area contributed by atoms with E-state index < -0.39 is 0 Å². The standard InChI is InChI=1S/C21H22N2O2S/c1-15-5-3-4-6-19(15)21-23-17(14-26-21)9-12-20(24)22-13-16-7-10-18(25-2)11-8-16/h3-8,10-11,14H,9,12-13H2,1-2H3,(H,22,24). The number of ether oxygens (including phenoxy) is 1. The highest BCUT2D eigenvalue weighted by atomic mass is 32.1. The second kappa shape index (κ2) is 8.63. The fourth-order valence-electron chi connectivity index (χ4n) is 2.63. The van der Waals surface area contributed by atoms with Gasteiger partial charge in [0, 0.05) is 23.9 Å². The van der Waals surface area contributed by atoms with Crippen molar-refractivity contribution in [1.29, 1.82) is 0 Å². The number of rotatable bonds is 7. The molecule has 1 aromatic heterocycles. The number of aryl methyl sites for hydroxylation is 2. The summed E-state index contributed by atoms with van der Waals surface area (Å²) >= 11 is 1.63. The number of nitrogens with zero attached hydrogens (tertiary/aromatic N) is 1. The summed E-state index contributed by atoms with van der Waals surface area (Å²) < 4.78 is 5.13. The van der Waals surface area contributed by atoms with E-state index in [0.717, 1.165) is 27.6 Å². The van der Waals surface area contributed by atoms with Crippen molar-refractivity contribution < 1.29 is 9.53 Å². The van der Waals surface area contributed by atoms with Crippen LogP contribution in [0.4, 0.5) is 0 Å². The molecule has 3 rings (SSSR count). The second-order valence-corrected chi connectivity index (χ2v) is 6.94. The Morgan fingerprint density at radius 3 is 2.65 bits per heavy atom. The van der Waals surface area contributed by atoms with Crippen molar-refractivity contribution in [3.8, 4) is 16.3 Å². The van der Waals surface area contributed by atoms with Crippen molar-refractivity contribution in [3.05, 3.63) is 70.7 Å². The van der Waals surface area contributed by atoms with Crippen LogP contribution in [0.3, 0.4) is 0 Å². The van der Waals surface area contributed by atoms with Crippen molar-refractivity contribution in [2.45, 2.75) is 26.3 Å². The number of hydrogen-bond acceptors (Lipinski definition) is 4. The molecule has 4 nitrogen and oxygen atoms in total. The van der Waals surface area contributed by atoms with Crippen LogP contribution in [0.15, 0.2) is 53.9 Å². The average molecular weight is 366 g/mol. The number of nitrogens with one attached hydrogen (secondary N) is 1. The topological polar surface area (TPSA) is 51.2 Å². The van der Waals surface area contributed by atoms with Gasteiger partial charge in [0.1, 0.15) is 10.8 Å². The first kappa shape index (κ1) is 18.1. The predicted octanol–water partition coefficient (Wildman–Crippen LogP) is 4.38. The molecule has 1 amide bonds. The molecule has 0 aliphatic carbocycles. The maximum Gasteiger partial charge on any atom is 0.220 e. The molecule has 2 aromatic carbocycles. The molecule has 0 unspecified atom stereocenters. The Hall–Kier alpha value is -2.66.